The number of carbonyl (C=O) groups excluding carboxylic acids is 2. The second-order valence-corrected chi connectivity index (χ2v) is 7.89. The minimum Gasteiger partial charge on any atom is -0.378 e. The van der Waals surface area contributed by atoms with E-state index < -0.39 is 0 Å². The Balaban J connectivity index is 1.41. The molecule has 2 heterocycles. The normalized spacial score (nSPS) is 14.2. The number of nitrogens with zero attached hydrogens (tertiary/aromatic N) is 3. The number of hydrogen-bond donors (Lipinski definition) is 1. The molecule has 0 spiro atoms. The Morgan fingerprint density at radius 3 is 2.73 bits per heavy atom. The van der Waals surface area contributed by atoms with Gasteiger partial charge >= 0.3 is 0 Å². The molecule has 0 bridgehead atoms. The Kier molecular flexibility index (Phi) is 6.98. The van der Waals surface area contributed by atoms with Crippen molar-refractivity contribution >= 4 is 40.0 Å². The fourth-order valence-electron chi connectivity index (χ4n) is 2.43. The highest BCUT2D eigenvalue weighted by Crippen LogP contribution is 2.26. The zero-order chi connectivity index (χ0) is 18.2. The van der Waals surface area contributed by atoms with Gasteiger partial charge in [-0.2, -0.15) is 0 Å². The van der Waals surface area contributed by atoms with Crippen LogP contribution in [-0.2, 0) is 20.7 Å². The van der Waals surface area contributed by atoms with Crippen LogP contribution < -0.4 is 5.32 Å². The predicted molar refractivity (Wildman–Crippen MR) is 101 cm³/mol. The molecule has 2 amide bonds. The lowest BCUT2D eigenvalue weighted by atomic mass is 10.1. The van der Waals surface area contributed by atoms with Gasteiger partial charge in [0.25, 0.3) is 0 Å². The highest BCUT2D eigenvalue weighted by atomic mass is 32.2. The molecule has 1 aromatic carbocycles. The van der Waals surface area contributed by atoms with Gasteiger partial charge in [0.05, 0.1) is 19.0 Å². The van der Waals surface area contributed by atoms with Crippen LogP contribution in [0.2, 0.25) is 0 Å². The van der Waals surface area contributed by atoms with Gasteiger partial charge in [0.2, 0.25) is 16.9 Å². The summed E-state index contributed by atoms with van der Waals surface area (Å²) in [7, 11) is 0. The summed E-state index contributed by atoms with van der Waals surface area (Å²) in [5, 5.41) is 11.2. The van der Waals surface area contributed by atoms with Gasteiger partial charge in [-0.05, 0) is 12.0 Å². The standard InChI is InChI=1S/C17H20N4O3S2/c22-14(7-6-13-4-2-1-3-5-13)18-16-19-20-17(26-16)25-12-15(23)21-8-10-24-11-9-21/h1-5H,6-12H2,(H,18,19,22). The van der Waals surface area contributed by atoms with Gasteiger partial charge in [-0.15, -0.1) is 10.2 Å². The van der Waals surface area contributed by atoms with Gasteiger partial charge < -0.3 is 15.0 Å². The molecule has 0 saturated carbocycles. The predicted octanol–water partition coefficient (Wildman–Crippen LogP) is 2.06. The fourth-order valence-corrected chi connectivity index (χ4v) is 4.10. The summed E-state index contributed by atoms with van der Waals surface area (Å²) >= 11 is 2.63. The van der Waals surface area contributed by atoms with Crippen molar-refractivity contribution in [3.05, 3.63) is 35.9 Å². The molecule has 1 aliphatic heterocycles. The Labute approximate surface area is 160 Å². The van der Waals surface area contributed by atoms with Crippen molar-refractivity contribution in [2.45, 2.75) is 17.2 Å². The Bertz CT molecular complexity index is 733. The molecule has 7 nitrogen and oxygen atoms in total. The number of hydrogen-bond acceptors (Lipinski definition) is 7. The molecule has 2 aromatic rings. The number of amides is 2. The molecule has 0 unspecified atom stereocenters. The molecule has 1 N–H and O–H groups in total. The summed E-state index contributed by atoms with van der Waals surface area (Å²) in [5.41, 5.74) is 1.12. The van der Waals surface area contributed by atoms with Crippen molar-refractivity contribution in [1.82, 2.24) is 15.1 Å². The number of aryl methyl sites for hydroxylation is 1. The molecule has 3 rings (SSSR count). The number of carbonyl (C=O) groups is 2. The second-order valence-electron chi connectivity index (χ2n) is 5.69. The molecule has 1 fully saturated rings. The van der Waals surface area contributed by atoms with Crippen molar-refractivity contribution in [1.29, 1.82) is 0 Å². The topological polar surface area (TPSA) is 84.4 Å². The lowest BCUT2D eigenvalue weighted by Crippen LogP contribution is -2.41. The maximum atomic E-state index is 12.1. The molecular weight excluding hydrogens is 372 g/mol. The van der Waals surface area contributed by atoms with Crippen LogP contribution in [-0.4, -0.2) is 59.0 Å². The fraction of sp³-hybridized carbons (Fsp3) is 0.412. The van der Waals surface area contributed by atoms with Gasteiger partial charge in [0, 0.05) is 19.5 Å². The van der Waals surface area contributed by atoms with Gasteiger partial charge in [0.1, 0.15) is 0 Å². The van der Waals surface area contributed by atoms with E-state index in [0.29, 0.717) is 54.4 Å². The van der Waals surface area contributed by atoms with E-state index in [4.69, 9.17) is 4.74 Å². The summed E-state index contributed by atoms with van der Waals surface area (Å²) < 4.78 is 5.91. The van der Waals surface area contributed by atoms with Gasteiger partial charge in [-0.1, -0.05) is 53.4 Å². The molecular formula is C17H20N4O3S2. The number of ether oxygens (including phenoxy) is 1. The van der Waals surface area contributed by atoms with Crippen molar-refractivity contribution in [2.24, 2.45) is 0 Å². The van der Waals surface area contributed by atoms with Gasteiger partial charge in [-0.25, -0.2) is 0 Å². The SMILES string of the molecule is O=C(CCc1ccccc1)Nc1nnc(SCC(=O)N2CCOCC2)s1. The first-order valence-electron chi connectivity index (χ1n) is 8.36. The quantitative estimate of drug-likeness (QED) is 0.574. The van der Waals surface area contributed by atoms with Crippen LogP contribution in [0.15, 0.2) is 34.7 Å². The number of thioether (sulfide) groups is 1. The molecule has 1 aromatic heterocycles. The first kappa shape index (κ1) is 18.8. The minimum absolute atomic E-state index is 0.0712. The first-order valence-corrected chi connectivity index (χ1v) is 10.2. The molecule has 0 atom stereocenters. The lowest BCUT2D eigenvalue weighted by molar-refractivity contribution is -0.132. The van der Waals surface area contributed by atoms with E-state index >= 15 is 0 Å². The highest BCUT2D eigenvalue weighted by molar-refractivity contribution is 8.01. The maximum Gasteiger partial charge on any atom is 0.233 e. The van der Waals surface area contributed by atoms with E-state index in [0.717, 1.165) is 5.56 Å². The third-order valence-corrected chi connectivity index (χ3v) is 5.78. The molecule has 26 heavy (non-hydrogen) atoms. The summed E-state index contributed by atoms with van der Waals surface area (Å²) in [6, 6.07) is 9.87. The number of morpholine rings is 1. The summed E-state index contributed by atoms with van der Waals surface area (Å²) in [4.78, 5) is 25.9. The van der Waals surface area contributed by atoms with E-state index in [2.05, 4.69) is 15.5 Å². The van der Waals surface area contributed by atoms with E-state index in [1.807, 2.05) is 30.3 Å². The number of nitrogens with one attached hydrogen (secondary N) is 1. The lowest BCUT2D eigenvalue weighted by Gasteiger charge is -2.26. The average molecular weight is 393 g/mol. The van der Waals surface area contributed by atoms with Crippen LogP contribution in [0.5, 0.6) is 0 Å². The monoisotopic (exact) mass is 392 g/mol. The Hall–Kier alpha value is -1.97. The molecule has 0 aliphatic carbocycles. The number of rotatable bonds is 7. The zero-order valence-corrected chi connectivity index (χ0v) is 15.9. The molecule has 138 valence electrons. The number of benzene rings is 1. The third kappa shape index (κ3) is 5.79. The molecule has 1 saturated heterocycles. The van der Waals surface area contributed by atoms with Crippen LogP contribution in [0.25, 0.3) is 0 Å². The number of anilines is 1. The van der Waals surface area contributed by atoms with Crippen molar-refractivity contribution in [2.75, 3.05) is 37.4 Å². The van der Waals surface area contributed by atoms with E-state index in [1.165, 1.54) is 23.1 Å². The van der Waals surface area contributed by atoms with Gasteiger partial charge in [0.15, 0.2) is 4.34 Å². The smallest absolute Gasteiger partial charge is 0.233 e. The van der Waals surface area contributed by atoms with Crippen LogP contribution in [0.3, 0.4) is 0 Å². The van der Waals surface area contributed by atoms with E-state index in [9.17, 15) is 9.59 Å². The Morgan fingerprint density at radius 2 is 1.96 bits per heavy atom. The largest absolute Gasteiger partial charge is 0.378 e. The first-order chi connectivity index (χ1) is 12.7. The molecule has 9 heteroatoms. The van der Waals surface area contributed by atoms with Crippen LogP contribution in [0.4, 0.5) is 5.13 Å². The van der Waals surface area contributed by atoms with Crippen molar-refractivity contribution in [3.8, 4) is 0 Å². The molecule has 0 radical (unpaired) electrons. The summed E-state index contributed by atoms with van der Waals surface area (Å²) in [5.74, 6) is 0.296. The summed E-state index contributed by atoms with van der Waals surface area (Å²) in [6.45, 7) is 2.46. The van der Waals surface area contributed by atoms with Crippen molar-refractivity contribution in [3.63, 3.8) is 0 Å². The van der Waals surface area contributed by atoms with Gasteiger partial charge in [-0.3, -0.25) is 9.59 Å². The van der Waals surface area contributed by atoms with Crippen LogP contribution >= 0.6 is 23.1 Å². The summed E-state index contributed by atoms with van der Waals surface area (Å²) in [6.07, 6.45) is 1.07. The highest BCUT2D eigenvalue weighted by Gasteiger charge is 2.18. The second kappa shape index (κ2) is 9.65. The van der Waals surface area contributed by atoms with E-state index in [1.54, 1.807) is 4.90 Å². The molecule has 1 aliphatic rings. The third-order valence-electron chi connectivity index (χ3n) is 3.82. The Morgan fingerprint density at radius 1 is 1.19 bits per heavy atom. The van der Waals surface area contributed by atoms with Crippen LogP contribution in [0, 0.1) is 0 Å². The number of aromatic nitrogens is 2. The zero-order valence-electron chi connectivity index (χ0n) is 14.2. The maximum absolute atomic E-state index is 12.1. The van der Waals surface area contributed by atoms with Crippen LogP contribution in [0.1, 0.15) is 12.0 Å². The average Bonchev–Trinajstić information content (AvgIpc) is 3.13. The minimum atomic E-state index is -0.0917. The van der Waals surface area contributed by atoms with Crippen molar-refractivity contribution < 1.29 is 14.3 Å². The van der Waals surface area contributed by atoms with E-state index in [-0.39, 0.29) is 11.8 Å².